The van der Waals surface area contributed by atoms with Crippen molar-refractivity contribution in [2.24, 2.45) is 0 Å². The van der Waals surface area contributed by atoms with Gasteiger partial charge in [-0.2, -0.15) is 0 Å². The zero-order valence-electron chi connectivity index (χ0n) is 9.57. The van der Waals surface area contributed by atoms with E-state index in [1.165, 1.54) is 7.11 Å². The van der Waals surface area contributed by atoms with E-state index in [-0.39, 0.29) is 11.9 Å². The number of fused-ring (bicyclic) bond motifs is 1. The highest BCUT2D eigenvalue weighted by molar-refractivity contribution is 5.82. The highest BCUT2D eigenvalue weighted by atomic mass is 16.5. The summed E-state index contributed by atoms with van der Waals surface area (Å²) in [6.45, 7) is 0. The summed E-state index contributed by atoms with van der Waals surface area (Å²) in [5.74, 6) is 0.999. The molecule has 16 heavy (non-hydrogen) atoms. The molecule has 1 aliphatic carbocycles. The number of carbonyl (C=O) groups is 1. The fourth-order valence-corrected chi connectivity index (χ4v) is 1.99. The second-order valence-electron chi connectivity index (χ2n) is 3.69. The third kappa shape index (κ3) is 1.50. The van der Waals surface area contributed by atoms with Gasteiger partial charge >= 0.3 is 5.97 Å². The van der Waals surface area contributed by atoms with Crippen LogP contribution in [-0.4, -0.2) is 27.3 Å². The molecule has 0 N–H and O–H groups in total. The summed E-state index contributed by atoms with van der Waals surface area (Å²) in [5, 5.41) is 0. The Bertz CT molecular complexity index is 425. The molecule has 4 heteroatoms. The van der Waals surface area contributed by atoms with Gasteiger partial charge in [-0.25, -0.2) is 0 Å². The summed E-state index contributed by atoms with van der Waals surface area (Å²) < 4.78 is 15.1. The van der Waals surface area contributed by atoms with Crippen molar-refractivity contribution < 1.29 is 19.0 Å². The first kappa shape index (κ1) is 10.8. The van der Waals surface area contributed by atoms with Gasteiger partial charge in [-0.05, 0) is 29.7 Å². The zero-order valence-corrected chi connectivity index (χ0v) is 9.57. The van der Waals surface area contributed by atoms with Crippen molar-refractivity contribution in [1.29, 1.82) is 0 Å². The Balaban J connectivity index is 2.34. The third-order valence-electron chi connectivity index (χ3n) is 2.93. The molecular weight excluding hydrogens is 208 g/mol. The Kier molecular flexibility index (Phi) is 2.73. The van der Waals surface area contributed by atoms with Gasteiger partial charge in [0.15, 0.2) is 11.5 Å². The van der Waals surface area contributed by atoms with Gasteiger partial charge in [0.25, 0.3) is 0 Å². The molecule has 0 bridgehead atoms. The molecular formula is C12H14O4. The number of hydrogen-bond acceptors (Lipinski definition) is 4. The summed E-state index contributed by atoms with van der Waals surface area (Å²) in [6, 6.07) is 3.76. The van der Waals surface area contributed by atoms with E-state index in [0.29, 0.717) is 17.9 Å². The van der Waals surface area contributed by atoms with Crippen LogP contribution in [0.25, 0.3) is 0 Å². The number of methoxy groups -OCH3 is 3. The topological polar surface area (TPSA) is 44.8 Å². The molecule has 0 heterocycles. The third-order valence-corrected chi connectivity index (χ3v) is 2.93. The molecule has 1 aromatic carbocycles. The fourth-order valence-electron chi connectivity index (χ4n) is 1.99. The molecule has 0 radical (unpaired) electrons. The molecule has 0 saturated carbocycles. The van der Waals surface area contributed by atoms with Gasteiger partial charge in [0.1, 0.15) is 0 Å². The van der Waals surface area contributed by atoms with Gasteiger partial charge in [0, 0.05) is 0 Å². The quantitative estimate of drug-likeness (QED) is 0.727. The normalized spacial score (nSPS) is 17.1. The molecule has 0 saturated heterocycles. The van der Waals surface area contributed by atoms with Crippen molar-refractivity contribution in [1.82, 2.24) is 0 Å². The second-order valence-corrected chi connectivity index (χ2v) is 3.69. The Labute approximate surface area is 94.1 Å². The van der Waals surface area contributed by atoms with E-state index in [9.17, 15) is 4.79 Å². The van der Waals surface area contributed by atoms with Crippen molar-refractivity contribution >= 4 is 5.97 Å². The molecule has 0 fully saturated rings. The van der Waals surface area contributed by atoms with E-state index in [1.54, 1.807) is 14.2 Å². The van der Waals surface area contributed by atoms with Crippen LogP contribution in [0.4, 0.5) is 0 Å². The zero-order chi connectivity index (χ0) is 11.7. The summed E-state index contributed by atoms with van der Waals surface area (Å²) >= 11 is 0. The van der Waals surface area contributed by atoms with Gasteiger partial charge in [0.2, 0.25) is 0 Å². The monoisotopic (exact) mass is 222 g/mol. The number of rotatable bonds is 3. The molecule has 0 spiro atoms. The average Bonchev–Trinajstić information content (AvgIpc) is 2.30. The molecule has 86 valence electrons. The molecule has 0 aliphatic heterocycles. The van der Waals surface area contributed by atoms with Crippen LogP contribution in [0, 0.1) is 0 Å². The van der Waals surface area contributed by atoms with E-state index >= 15 is 0 Å². The predicted octanol–water partition coefficient (Wildman–Crippen LogP) is 1.52. The van der Waals surface area contributed by atoms with Crippen molar-refractivity contribution in [2.75, 3.05) is 21.3 Å². The van der Waals surface area contributed by atoms with Gasteiger partial charge < -0.3 is 14.2 Å². The van der Waals surface area contributed by atoms with Gasteiger partial charge in [-0.1, -0.05) is 0 Å². The second kappa shape index (κ2) is 4.04. The molecule has 0 amide bonds. The summed E-state index contributed by atoms with van der Waals surface area (Å²) in [7, 11) is 4.58. The largest absolute Gasteiger partial charge is 0.493 e. The first-order valence-corrected chi connectivity index (χ1v) is 5.04. The van der Waals surface area contributed by atoms with E-state index in [4.69, 9.17) is 14.2 Å². The van der Waals surface area contributed by atoms with Crippen LogP contribution < -0.4 is 9.47 Å². The van der Waals surface area contributed by atoms with Crippen LogP contribution in [0.2, 0.25) is 0 Å². The lowest BCUT2D eigenvalue weighted by Crippen LogP contribution is -2.26. The molecule has 0 aromatic heterocycles. The lowest BCUT2D eigenvalue weighted by Gasteiger charge is -2.29. The van der Waals surface area contributed by atoms with Crippen LogP contribution >= 0.6 is 0 Å². The fraction of sp³-hybridized carbons (Fsp3) is 0.417. The van der Waals surface area contributed by atoms with Crippen LogP contribution in [0.5, 0.6) is 11.5 Å². The van der Waals surface area contributed by atoms with Crippen molar-refractivity contribution in [3.05, 3.63) is 23.3 Å². The van der Waals surface area contributed by atoms with Crippen LogP contribution in [0.1, 0.15) is 17.0 Å². The minimum Gasteiger partial charge on any atom is -0.493 e. The van der Waals surface area contributed by atoms with Crippen LogP contribution in [0.3, 0.4) is 0 Å². The minimum atomic E-state index is -0.195. The first-order valence-electron chi connectivity index (χ1n) is 5.04. The maximum atomic E-state index is 11.4. The lowest BCUT2D eigenvalue weighted by molar-refractivity contribution is -0.143. The minimum absolute atomic E-state index is 0.153. The van der Waals surface area contributed by atoms with E-state index < -0.39 is 0 Å². The van der Waals surface area contributed by atoms with Gasteiger partial charge in [-0.3, -0.25) is 4.79 Å². The Morgan fingerprint density at radius 1 is 1.19 bits per heavy atom. The van der Waals surface area contributed by atoms with E-state index in [2.05, 4.69) is 0 Å². The van der Waals surface area contributed by atoms with E-state index in [1.807, 2.05) is 12.1 Å². The smallest absolute Gasteiger partial charge is 0.313 e. The van der Waals surface area contributed by atoms with Crippen molar-refractivity contribution in [3.8, 4) is 11.5 Å². The Morgan fingerprint density at radius 3 is 2.38 bits per heavy atom. The van der Waals surface area contributed by atoms with E-state index in [0.717, 1.165) is 11.1 Å². The standard InChI is InChI=1S/C12H14O4/c1-14-10-5-7-4-9(12(13)16-3)8(7)6-11(10)15-2/h5-6,9H,4H2,1-3H3/t9-/m0/s1. The summed E-state index contributed by atoms with van der Waals surface area (Å²) in [6.07, 6.45) is 0.711. The number of hydrogen-bond donors (Lipinski definition) is 0. The molecule has 4 nitrogen and oxygen atoms in total. The Morgan fingerprint density at radius 2 is 1.81 bits per heavy atom. The molecule has 1 atom stereocenters. The number of esters is 1. The van der Waals surface area contributed by atoms with Gasteiger partial charge in [0.05, 0.1) is 27.2 Å². The summed E-state index contributed by atoms with van der Waals surface area (Å²) in [5.41, 5.74) is 2.09. The maximum absolute atomic E-state index is 11.4. The summed E-state index contributed by atoms with van der Waals surface area (Å²) in [4.78, 5) is 11.4. The Hall–Kier alpha value is -1.71. The molecule has 0 unspecified atom stereocenters. The number of ether oxygens (including phenoxy) is 3. The SMILES string of the molecule is COC(=O)[C@H]1Cc2cc(OC)c(OC)cc21. The molecule has 2 rings (SSSR count). The highest BCUT2D eigenvalue weighted by Gasteiger charge is 2.34. The highest BCUT2D eigenvalue weighted by Crippen LogP contribution is 2.42. The first-order chi connectivity index (χ1) is 7.71. The van der Waals surface area contributed by atoms with Crippen LogP contribution in [0.15, 0.2) is 12.1 Å². The van der Waals surface area contributed by atoms with Gasteiger partial charge in [-0.15, -0.1) is 0 Å². The predicted molar refractivity (Wildman–Crippen MR) is 58.0 cm³/mol. The number of benzene rings is 1. The maximum Gasteiger partial charge on any atom is 0.313 e. The van der Waals surface area contributed by atoms with Crippen molar-refractivity contribution in [2.45, 2.75) is 12.3 Å². The molecule has 1 aliphatic rings. The van der Waals surface area contributed by atoms with Crippen LogP contribution in [-0.2, 0) is 16.0 Å². The average molecular weight is 222 g/mol. The van der Waals surface area contributed by atoms with Crippen molar-refractivity contribution in [3.63, 3.8) is 0 Å². The number of carbonyl (C=O) groups excluding carboxylic acids is 1. The molecule has 1 aromatic rings. The lowest BCUT2D eigenvalue weighted by atomic mass is 9.77.